The van der Waals surface area contributed by atoms with Crippen LogP contribution in [0, 0.1) is 0 Å². The molecule has 34 heavy (non-hydrogen) atoms. The molecule has 0 rings (SSSR count). The van der Waals surface area contributed by atoms with E-state index in [9.17, 15) is 19.5 Å². The van der Waals surface area contributed by atoms with E-state index in [0.29, 0.717) is 10.9 Å². The number of likely N-dealkylation sites (N-methyl/N-ethyl adjacent to an activating group) is 1. The average molecular weight is 505 g/mol. The van der Waals surface area contributed by atoms with Gasteiger partial charge in [0.15, 0.2) is 0 Å². The molecule has 0 saturated heterocycles. The molecule has 0 aliphatic rings. The Bertz CT molecular complexity index is 541. The number of quaternary nitrogens is 1. The molecule has 0 aliphatic carbocycles. The Morgan fingerprint density at radius 2 is 1.00 bits per heavy atom. The minimum Gasteiger partial charge on any atom is -0.373 e. The van der Waals surface area contributed by atoms with Crippen molar-refractivity contribution in [1.82, 2.24) is 0 Å². The van der Waals surface area contributed by atoms with Gasteiger partial charge in [0.2, 0.25) is 5.34 Å². The Morgan fingerprint density at radius 1 is 0.647 bits per heavy atom. The van der Waals surface area contributed by atoms with Gasteiger partial charge < -0.3 is 19.4 Å². The number of nitrogens with zero attached hydrogens (tertiary/aromatic N) is 1. The van der Waals surface area contributed by atoms with Crippen LogP contribution >= 0.6 is 7.60 Å². The smallest absolute Gasteiger partial charge is 0.362 e. The summed E-state index contributed by atoms with van der Waals surface area (Å²) in [7, 11) is 0.983. The van der Waals surface area contributed by atoms with Crippen LogP contribution in [-0.2, 0) is 4.57 Å². The summed E-state index contributed by atoms with van der Waals surface area (Å²) in [5.74, 6) is 0. The predicted octanol–water partition coefficient (Wildman–Crippen LogP) is 7.94. The van der Waals surface area contributed by atoms with Gasteiger partial charge in [-0.2, -0.15) is 0 Å². The summed E-state index contributed by atoms with van der Waals surface area (Å²) in [5.41, 5.74) is 0. The molecule has 0 radical (unpaired) electrons. The fourth-order valence-electron chi connectivity index (χ4n) is 4.62. The standard InChI is InChI=1S/C28H58NO4P/c1-5-6-7-8-9-10-11-12-13-14-15-16-17-18-19-20-21-22-23-24-25-26-28(30,34(31,32)33)27-29(2,3)4/h13-14,30H,5-12,15-27H2,1-4H3,(H-,31,32,33)/p+1/b14-13-. The molecule has 1 atom stereocenters. The number of rotatable bonds is 24. The van der Waals surface area contributed by atoms with Crippen LogP contribution in [0.5, 0.6) is 0 Å². The van der Waals surface area contributed by atoms with Crippen LogP contribution in [-0.4, -0.2) is 52.4 Å². The lowest BCUT2D eigenvalue weighted by molar-refractivity contribution is -0.875. The van der Waals surface area contributed by atoms with E-state index in [-0.39, 0.29) is 13.0 Å². The highest BCUT2D eigenvalue weighted by Crippen LogP contribution is 2.52. The SMILES string of the molecule is CCCCCCCCC/C=C\CCCCCCCCCCCCC(O)(C[N+](C)(C)C)P(=O)(O)O. The second-order valence-corrected chi connectivity index (χ2v) is 13.4. The molecule has 0 heterocycles. The van der Waals surface area contributed by atoms with Crippen molar-refractivity contribution in [2.24, 2.45) is 0 Å². The molecule has 0 aromatic carbocycles. The van der Waals surface area contributed by atoms with E-state index in [2.05, 4.69) is 19.1 Å². The van der Waals surface area contributed by atoms with Gasteiger partial charge >= 0.3 is 7.60 Å². The van der Waals surface area contributed by atoms with Gasteiger partial charge in [-0.15, -0.1) is 0 Å². The highest BCUT2D eigenvalue weighted by atomic mass is 31.2. The van der Waals surface area contributed by atoms with Crippen molar-refractivity contribution < 1.29 is 23.9 Å². The van der Waals surface area contributed by atoms with Crippen LogP contribution in [0.15, 0.2) is 12.2 Å². The number of hydrogen-bond donors (Lipinski definition) is 3. The molecule has 0 fully saturated rings. The van der Waals surface area contributed by atoms with Gasteiger partial charge in [-0.3, -0.25) is 4.57 Å². The molecule has 0 aromatic heterocycles. The first-order valence-electron chi connectivity index (χ1n) is 14.3. The third kappa shape index (κ3) is 20.0. The molecule has 0 aromatic rings. The van der Waals surface area contributed by atoms with Crippen LogP contribution in [0.1, 0.15) is 135 Å². The molecule has 0 bridgehead atoms. The highest BCUT2D eigenvalue weighted by Gasteiger charge is 2.48. The molecule has 0 aliphatic heterocycles. The second-order valence-electron chi connectivity index (χ2n) is 11.4. The zero-order valence-corrected chi connectivity index (χ0v) is 24.0. The van der Waals surface area contributed by atoms with Gasteiger partial charge in [-0.25, -0.2) is 0 Å². The summed E-state index contributed by atoms with van der Waals surface area (Å²) in [4.78, 5) is 19.2. The Labute approximate surface area is 212 Å². The Morgan fingerprint density at radius 3 is 1.35 bits per heavy atom. The maximum absolute atomic E-state index is 11.8. The van der Waals surface area contributed by atoms with E-state index >= 15 is 0 Å². The second kappa shape index (κ2) is 19.9. The summed E-state index contributed by atoms with van der Waals surface area (Å²) in [6.45, 7) is 2.33. The largest absolute Gasteiger partial charge is 0.373 e. The van der Waals surface area contributed by atoms with Crippen molar-refractivity contribution in [2.75, 3.05) is 27.7 Å². The van der Waals surface area contributed by atoms with Crippen molar-refractivity contribution in [3.63, 3.8) is 0 Å². The summed E-state index contributed by atoms with van der Waals surface area (Å²) in [6, 6.07) is 0. The molecule has 6 heteroatoms. The fraction of sp³-hybridized carbons (Fsp3) is 0.929. The van der Waals surface area contributed by atoms with E-state index in [4.69, 9.17) is 0 Å². The monoisotopic (exact) mass is 504 g/mol. The molecule has 204 valence electrons. The fourth-order valence-corrected chi connectivity index (χ4v) is 5.67. The Kier molecular flexibility index (Phi) is 19.8. The van der Waals surface area contributed by atoms with Crippen LogP contribution < -0.4 is 0 Å². The third-order valence-electron chi connectivity index (χ3n) is 6.61. The lowest BCUT2D eigenvalue weighted by Gasteiger charge is -2.35. The Hall–Kier alpha value is -0.190. The van der Waals surface area contributed by atoms with E-state index in [0.717, 1.165) is 12.8 Å². The first kappa shape index (κ1) is 33.8. The van der Waals surface area contributed by atoms with Crippen molar-refractivity contribution in [1.29, 1.82) is 0 Å². The average Bonchev–Trinajstić information content (AvgIpc) is 2.73. The summed E-state index contributed by atoms with van der Waals surface area (Å²) in [5, 5.41) is 8.65. The normalized spacial score (nSPS) is 14.7. The third-order valence-corrected chi connectivity index (χ3v) is 8.06. The number of unbranched alkanes of at least 4 members (excludes halogenated alkanes) is 17. The molecule has 0 amide bonds. The quantitative estimate of drug-likeness (QED) is 0.0539. The summed E-state index contributed by atoms with van der Waals surface area (Å²) in [6.07, 6.45) is 28.7. The highest BCUT2D eigenvalue weighted by molar-refractivity contribution is 7.53. The maximum atomic E-state index is 11.8. The molecule has 0 spiro atoms. The van der Waals surface area contributed by atoms with Gasteiger partial charge in [0.1, 0.15) is 6.54 Å². The van der Waals surface area contributed by atoms with E-state index < -0.39 is 12.9 Å². The Balaban J connectivity index is 3.53. The minimum atomic E-state index is -4.54. The van der Waals surface area contributed by atoms with Crippen molar-refractivity contribution >= 4 is 7.60 Å². The van der Waals surface area contributed by atoms with E-state index in [1.807, 2.05) is 21.1 Å². The number of hydrogen-bond acceptors (Lipinski definition) is 2. The topological polar surface area (TPSA) is 77.8 Å². The minimum absolute atomic E-state index is 0.0618. The van der Waals surface area contributed by atoms with E-state index in [1.165, 1.54) is 103 Å². The summed E-state index contributed by atoms with van der Waals surface area (Å²) < 4.78 is 12.1. The zero-order valence-electron chi connectivity index (χ0n) is 23.1. The van der Waals surface area contributed by atoms with Gasteiger partial charge in [0.05, 0.1) is 21.1 Å². The molecule has 3 N–H and O–H groups in total. The number of allylic oxidation sites excluding steroid dienone is 2. The van der Waals surface area contributed by atoms with Crippen LogP contribution in [0.3, 0.4) is 0 Å². The first-order valence-corrected chi connectivity index (χ1v) is 15.9. The molecular weight excluding hydrogens is 445 g/mol. The zero-order chi connectivity index (χ0) is 25.8. The van der Waals surface area contributed by atoms with Gasteiger partial charge in [0.25, 0.3) is 0 Å². The molecule has 0 saturated carbocycles. The molecule has 5 nitrogen and oxygen atoms in total. The van der Waals surface area contributed by atoms with Gasteiger partial charge in [-0.05, 0) is 38.5 Å². The van der Waals surface area contributed by atoms with Crippen molar-refractivity contribution in [2.45, 2.75) is 141 Å². The first-order chi connectivity index (χ1) is 16.0. The number of aliphatic hydroxyl groups is 1. The predicted molar refractivity (Wildman–Crippen MR) is 147 cm³/mol. The molecule has 1 unspecified atom stereocenters. The summed E-state index contributed by atoms with van der Waals surface area (Å²) >= 11 is 0. The lowest BCUT2D eigenvalue weighted by Crippen LogP contribution is -2.49. The van der Waals surface area contributed by atoms with Crippen LogP contribution in [0.2, 0.25) is 0 Å². The molecular formula is C28H59NO4P+. The van der Waals surface area contributed by atoms with Gasteiger partial charge in [-0.1, -0.05) is 109 Å². The van der Waals surface area contributed by atoms with Crippen molar-refractivity contribution in [3.8, 4) is 0 Å². The van der Waals surface area contributed by atoms with Crippen LogP contribution in [0.4, 0.5) is 0 Å². The lowest BCUT2D eigenvalue weighted by atomic mass is 10.0. The van der Waals surface area contributed by atoms with E-state index in [1.54, 1.807) is 0 Å². The maximum Gasteiger partial charge on any atom is 0.362 e. The van der Waals surface area contributed by atoms with Crippen molar-refractivity contribution in [3.05, 3.63) is 12.2 Å². The van der Waals surface area contributed by atoms with Gasteiger partial charge in [0, 0.05) is 0 Å². The van der Waals surface area contributed by atoms with Crippen LogP contribution in [0.25, 0.3) is 0 Å².